The molecule has 0 aromatic rings. The quantitative estimate of drug-likeness (QED) is 0.489. The number of rotatable bonds is 4. The van der Waals surface area contributed by atoms with E-state index in [0.29, 0.717) is 44.9 Å². The maximum absolute atomic E-state index is 13.8. The van der Waals surface area contributed by atoms with Gasteiger partial charge in [0.25, 0.3) is 0 Å². The van der Waals surface area contributed by atoms with Gasteiger partial charge in [0.1, 0.15) is 6.04 Å². The van der Waals surface area contributed by atoms with Crippen LogP contribution >= 0.6 is 0 Å². The summed E-state index contributed by atoms with van der Waals surface area (Å²) in [6.45, 7) is 4.73. The van der Waals surface area contributed by atoms with Crippen LogP contribution in [0, 0.1) is 11.8 Å². The molecule has 1 aliphatic carbocycles. The zero-order valence-electron chi connectivity index (χ0n) is 22.8. The van der Waals surface area contributed by atoms with E-state index in [-0.39, 0.29) is 54.3 Å². The third-order valence-electron chi connectivity index (χ3n) is 9.66. The fourth-order valence-electron chi connectivity index (χ4n) is 7.28. The minimum absolute atomic E-state index is 0.0207. The van der Waals surface area contributed by atoms with E-state index in [2.05, 4.69) is 10.6 Å². The van der Waals surface area contributed by atoms with E-state index in [1.54, 1.807) is 16.7 Å². The fraction of sp³-hybridized carbons (Fsp3) is 0.857. The van der Waals surface area contributed by atoms with Gasteiger partial charge in [-0.15, -0.1) is 0 Å². The van der Waals surface area contributed by atoms with E-state index in [1.165, 1.54) is 12.8 Å². The Balaban J connectivity index is 1.35. The first-order chi connectivity index (χ1) is 18.3. The highest BCUT2D eigenvalue weighted by molar-refractivity contribution is 5.89. The molecule has 212 valence electrons. The summed E-state index contributed by atoms with van der Waals surface area (Å²) >= 11 is 0. The van der Waals surface area contributed by atoms with Crippen LogP contribution in [0.5, 0.6) is 0 Å². The highest BCUT2D eigenvalue weighted by atomic mass is 16.3. The van der Waals surface area contributed by atoms with Crippen LogP contribution in [0.4, 0.5) is 0 Å². The summed E-state index contributed by atoms with van der Waals surface area (Å²) in [5, 5.41) is 17.3. The molecular weight excluding hydrogens is 486 g/mol. The van der Waals surface area contributed by atoms with Crippen molar-refractivity contribution in [3.63, 3.8) is 0 Å². The van der Waals surface area contributed by atoms with Crippen LogP contribution in [0.15, 0.2) is 0 Å². The zero-order valence-corrected chi connectivity index (χ0v) is 22.8. The molecule has 3 N–H and O–H groups in total. The molecule has 10 heteroatoms. The molecule has 0 unspecified atom stereocenters. The van der Waals surface area contributed by atoms with Crippen LogP contribution in [0.3, 0.4) is 0 Å². The van der Waals surface area contributed by atoms with Gasteiger partial charge in [0.15, 0.2) is 0 Å². The van der Waals surface area contributed by atoms with Crippen LogP contribution in [-0.4, -0.2) is 106 Å². The second kappa shape index (κ2) is 11.9. The number of fused-ring (bicyclic) bond motifs is 3. The summed E-state index contributed by atoms with van der Waals surface area (Å²) in [5.41, 5.74) is 0. The smallest absolute Gasteiger partial charge is 0.243 e. The maximum atomic E-state index is 13.8. The Kier molecular flexibility index (Phi) is 8.57. The number of likely N-dealkylation sites (tertiary alicyclic amines) is 1. The van der Waals surface area contributed by atoms with Gasteiger partial charge in [0.2, 0.25) is 23.6 Å². The number of aliphatic hydroxyl groups excluding tert-OH is 1. The minimum atomic E-state index is -1.00. The van der Waals surface area contributed by atoms with Gasteiger partial charge in [-0.3, -0.25) is 19.2 Å². The van der Waals surface area contributed by atoms with Crippen molar-refractivity contribution in [2.75, 3.05) is 32.7 Å². The summed E-state index contributed by atoms with van der Waals surface area (Å²) in [7, 11) is 0. The van der Waals surface area contributed by atoms with E-state index in [9.17, 15) is 24.3 Å². The van der Waals surface area contributed by atoms with E-state index >= 15 is 0 Å². The summed E-state index contributed by atoms with van der Waals surface area (Å²) in [6, 6.07) is -0.707. The summed E-state index contributed by atoms with van der Waals surface area (Å²) < 4.78 is 0. The molecule has 0 spiro atoms. The molecule has 4 amide bonds. The monoisotopic (exact) mass is 531 g/mol. The Hall–Kier alpha value is -2.20. The molecule has 6 atom stereocenters. The number of nitrogens with one attached hydrogen (secondary N) is 2. The van der Waals surface area contributed by atoms with Gasteiger partial charge in [-0.2, -0.15) is 0 Å². The van der Waals surface area contributed by atoms with Gasteiger partial charge in [-0.05, 0) is 57.3 Å². The molecule has 10 nitrogen and oxygen atoms in total. The van der Waals surface area contributed by atoms with Crippen molar-refractivity contribution in [3.8, 4) is 0 Å². The Morgan fingerprint density at radius 3 is 2.42 bits per heavy atom. The van der Waals surface area contributed by atoms with Crippen LogP contribution < -0.4 is 10.6 Å². The van der Waals surface area contributed by atoms with Crippen molar-refractivity contribution in [1.29, 1.82) is 0 Å². The number of aliphatic hydroxyl groups is 1. The fourth-order valence-corrected chi connectivity index (χ4v) is 7.28. The van der Waals surface area contributed by atoms with Crippen molar-refractivity contribution in [3.05, 3.63) is 0 Å². The predicted molar refractivity (Wildman–Crippen MR) is 141 cm³/mol. The molecule has 5 fully saturated rings. The largest absolute Gasteiger partial charge is 0.390 e. The van der Waals surface area contributed by atoms with Gasteiger partial charge in [0.05, 0.1) is 18.6 Å². The molecule has 1 saturated carbocycles. The van der Waals surface area contributed by atoms with E-state index < -0.39 is 18.2 Å². The lowest BCUT2D eigenvalue weighted by atomic mass is 9.80. The van der Waals surface area contributed by atoms with Gasteiger partial charge >= 0.3 is 0 Å². The van der Waals surface area contributed by atoms with Gasteiger partial charge in [0, 0.05) is 57.6 Å². The van der Waals surface area contributed by atoms with Crippen molar-refractivity contribution < 1.29 is 24.3 Å². The Labute approximate surface area is 225 Å². The average molecular weight is 532 g/mol. The zero-order chi connectivity index (χ0) is 26.8. The highest BCUT2D eigenvalue weighted by Gasteiger charge is 2.44. The SMILES string of the molecule is C[C@@H]1NC(=O)[C@@H]2C[C@H](NC3CCCC3)CN2C(=O)C[C@H]2CN(CC[C@H]2CC(=O)N2CCCC2)C(=O)C[C@@H]1O. The molecule has 4 heterocycles. The number of carbonyl (C=O) groups is 4. The number of hydrogen-bond acceptors (Lipinski definition) is 6. The first-order valence-corrected chi connectivity index (χ1v) is 14.9. The third kappa shape index (κ3) is 6.17. The lowest BCUT2D eigenvalue weighted by molar-refractivity contribution is -0.142. The van der Waals surface area contributed by atoms with Crippen LogP contribution in [0.25, 0.3) is 0 Å². The molecule has 5 aliphatic rings. The Morgan fingerprint density at radius 1 is 0.947 bits per heavy atom. The molecular formula is C28H45N5O5. The number of nitrogens with zero attached hydrogens (tertiary/aromatic N) is 3. The summed E-state index contributed by atoms with van der Waals surface area (Å²) in [5.74, 6) is -0.491. The first-order valence-electron chi connectivity index (χ1n) is 14.9. The Morgan fingerprint density at radius 2 is 1.68 bits per heavy atom. The molecule has 0 aromatic heterocycles. The summed E-state index contributed by atoms with van der Waals surface area (Å²) in [4.78, 5) is 58.6. The third-order valence-corrected chi connectivity index (χ3v) is 9.66. The van der Waals surface area contributed by atoms with Crippen molar-refractivity contribution in [1.82, 2.24) is 25.3 Å². The predicted octanol–water partition coefficient (Wildman–Crippen LogP) is 0.625. The maximum Gasteiger partial charge on any atom is 0.243 e. The van der Waals surface area contributed by atoms with Gasteiger partial charge in [-0.1, -0.05) is 12.8 Å². The summed E-state index contributed by atoms with van der Waals surface area (Å²) in [6.07, 6.45) is 7.51. The molecule has 4 aliphatic heterocycles. The average Bonchev–Trinajstić information content (AvgIpc) is 3.67. The van der Waals surface area contributed by atoms with E-state index in [4.69, 9.17) is 0 Å². The molecule has 5 rings (SSSR count). The molecule has 0 radical (unpaired) electrons. The van der Waals surface area contributed by atoms with E-state index in [1.807, 2.05) is 4.90 Å². The number of amides is 4. The van der Waals surface area contributed by atoms with Gasteiger partial charge < -0.3 is 30.4 Å². The van der Waals surface area contributed by atoms with E-state index in [0.717, 1.165) is 38.8 Å². The molecule has 0 aromatic carbocycles. The molecule has 4 saturated heterocycles. The number of hydrogen-bond donors (Lipinski definition) is 3. The van der Waals surface area contributed by atoms with Crippen molar-refractivity contribution in [2.45, 2.75) is 108 Å². The normalized spacial score (nSPS) is 35.5. The second-order valence-electron chi connectivity index (χ2n) is 12.4. The van der Waals surface area contributed by atoms with Crippen LogP contribution in [0.1, 0.15) is 77.6 Å². The first kappa shape index (κ1) is 27.4. The van der Waals surface area contributed by atoms with Crippen molar-refractivity contribution in [2.24, 2.45) is 11.8 Å². The minimum Gasteiger partial charge on any atom is -0.390 e. The van der Waals surface area contributed by atoms with Gasteiger partial charge in [-0.25, -0.2) is 0 Å². The Bertz CT molecular complexity index is 902. The lowest BCUT2D eigenvalue weighted by Crippen LogP contribution is -2.51. The van der Waals surface area contributed by atoms with Crippen LogP contribution in [0.2, 0.25) is 0 Å². The topological polar surface area (TPSA) is 122 Å². The molecule has 38 heavy (non-hydrogen) atoms. The molecule has 2 bridgehead atoms. The lowest BCUT2D eigenvalue weighted by Gasteiger charge is -2.39. The number of piperidine rings is 1. The number of carbonyl (C=O) groups excluding carboxylic acids is 4. The van der Waals surface area contributed by atoms with Crippen molar-refractivity contribution >= 4 is 23.6 Å². The van der Waals surface area contributed by atoms with Crippen LogP contribution in [-0.2, 0) is 19.2 Å². The second-order valence-corrected chi connectivity index (χ2v) is 12.4. The highest BCUT2D eigenvalue weighted by Crippen LogP contribution is 2.33. The standard InChI is InChI=1S/C28H45N5O5/c1-18-24(34)15-26(36)32-11-8-19(12-25(35)31-9-4-5-10-31)20(16-32)13-27(37)33-17-22(14-23(33)28(38)29-18)30-21-6-2-3-7-21/h18-24,30,34H,2-17H2,1H3,(H,29,38)/t18-,19-,20-,22-,23-,24-/m0/s1.